The second-order valence-corrected chi connectivity index (χ2v) is 8.50. The van der Waals surface area contributed by atoms with Gasteiger partial charge in [-0.1, -0.05) is 85.8 Å². The lowest BCUT2D eigenvalue weighted by Gasteiger charge is -2.22. The van der Waals surface area contributed by atoms with Crippen molar-refractivity contribution in [2.24, 2.45) is 0 Å². The molecule has 0 aromatic heterocycles. The van der Waals surface area contributed by atoms with E-state index in [0.29, 0.717) is 12.0 Å². The van der Waals surface area contributed by atoms with Crippen LogP contribution < -0.4 is 10.6 Å². The van der Waals surface area contributed by atoms with Crippen molar-refractivity contribution < 1.29 is 24.2 Å². The van der Waals surface area contributed by atoms with E-state index in [9.17, 15) is 19.5 Å². The van der Waals surface area contributed by atoms with Gasteiger partial charge in [-0.05, 0) is 34.2 Å². The number of aliphatic carboxylic acids is 1. The summed E-state index contributed by atoms with van der Waals surface area (Å²) in [6.07, 6.45) is -0.634. The normalized spacial score (nSPS) is 13.7. The Kier molecular flexibility index (Phi) is 7.45. The van der Waals surface area contributed by atoms with Crippen molar-refractivity contribution in [2.45, 2.75) is 37.8 Å². The van der Waals surface area contributed by atoms with Gasteiger partial charge in [0.2, 0.25) is 5.91 Å². The Morgan fingerprint density at radius 1 is 0.857 bits per heavy atom. The van der Waals surface area contributed by atoms with Crippen LogP contribution in [0.25, 0.3) is 11.1 Å². The molecule has 1 unspecified atom stereocenters. The number of rotatable bonds is 9. The van der Waals surface area contributed by atoms with E-state index in [1.54, 1.807) is 31.2 Å². The molecule has 1 aliphatic carbocycles. The number of ether oxygens (including phenoxy) is 1. The highest BCUT2D eigenvalue weighted by Gasteiger charge is 2.30. The molecule has 3 N–H and O–H groups in total. The molecule has 0 saturated carbocycles. The Hall–Kier alpha value is -4.13. The van der Waals surface area contributed by atoms with E-state index in [1.165, 1.54) is 0 Å². The zero-order chi connectivity index (χ0) is 24.8. The first-order chi connectivity index (χ1) is 17.0. The Morgan fingerprint density at radius 3 is 2.00 bits per heavy atom. The zero-order valence-electron chi connectivity index (χ0n) is 19.4. The molecule has 2 atom stereocenters. The van der Waals surface area contributed by atoms with Crippen molar-refractivity contribution in [3.63, 3.8) is 0 Å². The molecule has 3 aromatic rings. The van der Waals surface area contributed by atoms with Gasteiger partial charge in [0.15, 0.2) is 0 Å². The molecule has 7 heteroatoms. The third-order valence-electron chi connectivity index (χ3n) is 6.26. The van der Waals surface area contributed by atoms with Crippen molar-refractivity contribution in [2.75, 3.05) is 6.61 Å². The summed E-state index contributed by atoms with van der Waals surface area (Å²) in [7, 11) is 0. The highest BCUT2D eigenvalue weighted by atomic mass is 16.5. The average molecular weight is 473 g/mol. The second kappa shape index (κ2) is 10.9. The Bertz CT molecular complexity index is 1170. The summed E-state index contributed by atoms with van der Waals surface area (Å²) in [6.45, 7) is 1.91. The molecular weight excluding hydrogens is 444 g/mol. The van der Waals surface area contributed by atoms with Gasteiger partial charge in [-0.2, -0.15) is 0 Å². The van der Waals surface area contributed by atoms with Crippen LogP contribution in [-0.2, 0) is 14.3 Å². The molecule has 0 aliphatic heterocycles. The molecule has 1 aliphatic rings. The van der Waals surface area contributed by atoms with Gasteiger partial charge in [0.05, 0.1) is 12.5 Å². The molecule has 180 valence electrons. The highest BCUT2D eigenvalue weighted by molar-refractivity contribution is 5.86. The number of benzene rings is 3. The minimum absolute atomic E-state index is 0.0833. The molecule has 7 nitrogen and oxygen atoms in total. The minimum atomic E-state index is -1.03. The summed E-state index contributed by atoms with van der Waals surface area (Å²) in [5, 5.41) is 14.7. The molecule has 0 spiro atoms. The predicted molar refractivity (Wildman–Crippen MR) is 132 cm³/mol. The smallest absolute Gasteiger partial charge is 0.407 e. The Balaban J connectivity index is 1.39. The fourth-order valence-corrected chi connectivity index (χ4v) is 4.52. The van der Waals surface area contributed by atoms with Gasteiger partial charge in [-0.15, -0.1) is 0 Å². The van der Waals surface area contributed by atoms with Crippen LogP contribution in [0.4, 0.5) is 4.79 Å². The lowest BCUT2D eigenvalue weighted by molar-refractivity contribution is -0.137. The van der Waals surface area contributed by atoms with Gasteiger partial charge in [0, 0.05) is 5.92 Å². The van der Waals surface area contributed by atoms with Crippen molar-refractivity contribution >= 4 is 18.0 Å². The maximum absolute atomic E-state index is 12.9. The number of carbonyl (C=O) groups excluding carboxylic acids is 2. The number of hydrogen-bond donors (Lipinski definition) is 3. The van der Waals surface area contributed by atoms with Crippen LogP contribution in [0.15, 0.2) is 78.9 Å². The number of hydrogen-bond acceptors (Lipinski definition) is 4. The summed E-state index contributed by atoms with van der Waals surface area (Å²) in [4.78, 5) is 36.8. The topological polar surface area (TPSA) is 105 Å². The number of nitrogens with one attached hydrogen (secondary N) is 2. The summed E-state index contributed by atoms with van der Waals surface area (Å²) >= 11 is 0. The van der Waals surface area contributed by atoms with Gasteiger partial charge in [-0.25, -0.2) is 4.79 Å². The van der Waals surface area contributed by atoms with Gasteiger partial charge in [0.1, 0.15) is 12.6 Å². The van der Waals surface area contributed by atoms with E-state index in [1.807, 2.05) is 42.5 Å². The van der Waals surface area contributed by atoms with E-state index >= 15 is 0 Å². The number of amides is 2. The Labute approximate surface area is 204 Å². The highest BCUT2D eigenvalue weighted by Crippen LogP contribution is 2.44. The molecular formula is C28H28N2O5. The fourth-order valence-electron chi connectivity index (χ4n) is 4.52. The molecule has 0 saturated heterocycles. The molecule has 4 rings (SSSR count). The van der Waals surface area contributed by atoms with E-state index in [2.05, 4.69) is 22.8 Å². The second-order valence-electron chi connectivity index (χ2n) is 8.50. The third kappa shape index (κ3) is 5.51. The molecule has 0 bridgehead atoms. The van der Waals surface area contributed by atoms with E-state index in [4.69, 9.17) is 4.74 Å². The van der Waals surface area contributed by atoms with Crippen molar-refractivity contribution in [3.05, 3.63) is 95.6 Å². The number of carboxylic acid groups (broad SMARTS) is 1. The molecule has 35 heavy (non-hydrogen) atoms. The molecule has 0 heterocycles. The first-order valence-electron chi connectivity index (χ1n) is 11.7. The summed E-state index contributed by atoms with van der Waals surface area (Å²) in [5.41, 5.74) is 5.15. The number of carboxylic acids is 1. The standard InChI is InChI=1S/C28H28N2O5/c1-2-24(27(33)29-25(16-26(31)32)18-10-4-3-5-11-18)30-28(34)35-17-23-21-14-8-6-12-19(21)20-13-7-9-15-22(20)23/h3-15,23-25H,2,16-17H2,1H3,(H,29,33)(H,30,34)(H,31,32)/t24-,25?/m1/s1. The lowest BCUT2D eigenvalue weighted by Crippen LogP contribution is -2.47. The first kappa shape index (κ1) is 24.0. The van der Waals surface area contributed by atoms with Crippen molar-refractivity contribution in [1.29, 1.82) is 0 Å². The molecule has 0 fully saturated rings. The summed E-state index contributed by atoms with van der Waals surface area (Å²) < 4.78 is 5.55. The van der Waals surface area contributed by atoms with Crippen LogP contribution in [0.5, 0.6) is 0 Å². The average Bonchev–Trinajstić information content (AvgIpc) is 3.19. The van der Waals surface area contributed by atoms with E-state index in [-0.39, 0.29) is 18.9 Å². The predicted octanol–water partition coefficient (Wildman–Crippen LogP) is 4.64. The molecule has 2 amide bonds. The largest absolute Gasteiger partial charge is 0.481 e. The van der Waals surface area contributed by atoms with Crippen LogP contribution in [0.2, 0.25) is 0 Å². The van der Waals surface area contributed by atoms with Crippen LogP contribution in [0, 0.1) is 0 Å². The van der Waals surface area contributed by atoms with Crippen LogP contribution in [0.3, 0.4) is 0 Å². The van der Waals surface area contributed by atoms with Gasteiger partial charge < -0.3 is 20.5 Å². The van der Waals surface area contributed by atoms with Crippen LogP contribution in [-0.4, -0.2) is 35.7 Å². The maximum atomic E-state index is 12.9. The third-order valence-corrected chi connectivity index (χ3v) is 6.26. The van der Waals surface area contributed by atoms with E-state index in [0.717, 1.165) is 22.3 Å². The fraction of sp³-hybridized carbons (Fsp3) is 0.250. The van der Waals surface area contributed by atoms with Gasteiger partial charge in [0.25, 0.3) is 0 Å². The SMILES string of the molecule is CC[C@@H](NC(=O)OCC1c2ccccc2-c2ccccc21)C(=O)NC(CC(=O)O)c1ccccc1. The van der Waals surface area contributed by atoms with Gasteiger partial charge in [-0.3, -0.25) is 9.59 Å². The van der Waals surface area contributed by atoms with Crippen molar-refractivity contribution in [3.8, 4) is 11.1 Å². The number of fused-ring (bicyclic) bond motifs is 3. The Morgan fingerprint density at radius 2 is 1.43 bits per heavy atom. The number of alkyl carbamates (subject to hydrolysis) is 1. The van der Waals surface area contributed by atoms with Crippen molar-refractivity contribution in [1.82, 2.24) is 10.6 Å². The number of carbonyl (C=O) groups is 3. The quantitative estimate of drug-likeness (QED) is 0.421. The summed E-state index contributed by atoms with van der Waals surface area (Å²) in [6, 6.07) is 23.4. The van der Waals surface area contributed by atoms with Gasteiger partial charge >= 0.3 is 12.1 Å². The van der Waals surface area contributed by atoms with E-state index < -0.39 is 30.1 Å². The molecule has 0 radical (unpaired) electrons. The summed E-state index contributed by atoms with van der Waals surface area (Å²) in [5.74, 6) is -1.58. The first-order valence-corrected chi connectivity index (χ1v) is 11.7. The van der Waals surface area contributed by atoms with Crippen LogP contribution in [0.1, 0.15) is 48.4 Å². The minimum Gasteiger partial charge on any atom is -0.481 e. The lowest BCUT2D eigenvalue weighted by atomic mass is 9.98. The maximum Gasteiger partial charge on any atom is 0.407 e. The molecule has 3 aromatic carbocycles. The monoisotopic (exact) mass is 472 g/mol. The van der Waals surface area contributed by atoms with Crippen LogP contribution >= 0.6 is 0 Å². The zero-order valence-corrected chi connectivity index (χ0v) is 19.4.